The number of aryl methyl sites for hydroxylation is 1. The van der Waals surface area contributed by atoms with Gasteiger partial charge in [0.15, 0.2) is 11.6 Å². The Balaban J connectivity index is 2.85. The van der Waals surface area contributed by atoms with E-state index in [1.54, 1.807) is 0 Å². The predicted octanol–water partition coefficient (Wildman–Crippen LogP) is 3.39. The van der Waals surface area contributed by atoms with Gasteiger partial charge in [-0.2, -0.15) is 0 Å². The van der Waals surface area contributed by atoms with E-state index in [0.29, 0.717) is 16.8 Å². The van der Waals surface area contributed by atoms with Crippen LogP contribution in [0.3, 0.4) is 0 Å². The number of anilines is 1. The number of nitrogens with two attached hydrogens (primary N) is 1. The second-order valence-corrected chi connectivity index (χ2v) is 5.43. The molecule has 2 N–H and O–H groups in total. The molecule has 0 aliphatic rings. The van der Waals surface area contributed by atoms with Crippen LogP contribution in [-0.2, 0) is 0 Å². The van der Waals surface area contributed by atoms with Crippen LogP contribution in [-0.4, -0.2) is 16.1 Å². The molecule has 2 rings (SSSR count). The van der Waals surface area contributed by atoms with Crippen LogP contribution >= 0.6 is 0 Å². The molecule has 0 unspecified atom stereocenters. The van der Waals surface area contributed by atoms with Crippen molar-refractivity contribution in [3.63, 3.8) is 0 Å². The molecule has 0 bridgehead atoms. The molecular formula is C17H20N2O2. The van der Waals surface area contributed by atoms with Gasteiger partial charge in [-0.15, -0.1) is 0 Å². The van der Waals surface area contributed by atoms with E-state index in [1.807, 2.05) is 43.5 Å². The largest absolute Gasteiger partial charge is 0.397 e. The summed E-state index contributed by atoms with van der Waals surface area (Å²) in [6, 6.07) is 5.76. The molecule has 0 fully saturated rings. The average Bonchev–Trinajstić information content (AvgIpc) is 2.62. The number of rotatable bonds is 3. The quantitative estimate of drug-likeness (QED) is 0.694. The number of hydrogen-bond donors (Lipinski definition) is 1. The molecule has 4 nitrogen and oxygen atoms in total. The number of nitrogen functional groups attached to an aromatic ring is 1. The van der Waals surface area contributed by atoms with Crippen LogP contribution in [0.4, 0.5) is 5.69 Å². The van der Waals surface area contributed by atoms with Crippen LogP contribution in [0.1, 0.15) is 51.5 Å². The standard InChI is InChI=1S/C17H20N2O2/c1-9-6-7-15(14(18)8-9)19-10(2)16(12(4)20)17(11(19)3)13(5)21/h6-8H,18H2,1-5H3. The van der Waals surface area contributed by atoms with Crippen LogP contribution in [0, 0.1) is 20.8 Å². The van der Waals surface area contributed by atoms with Crippen LogP contribution in [0.2, 0.25) is 0 Å². The highest BCUT2D eigenvalue weighted by Crippen LogP contribution is 2.30. The predicted molar refractivity (Wildman–Crippen MR) is 84.4 cm³/mol. The second kappa shape index (κ2) is 5.20. The minimum absolute atomic E-state index is 0.106. The molecular weight excluding hydrogens is 264 g/mol. The molecule has 21 heavy (non-hydrogen) atoms. The van der Waals surface area contributed by atoms with Crippen molar-refractivity contribution in [3.05, 3.63) is 46.3 Å². The van der Waals surface area contributed by atoms with Gasteiger partial charge in [-0.25, -0.2) is 0 Å². The summed E-state index contributed by atoms with van der Waals surface area (Å²) in [5, 5.41) is 0. The number of hydrogen-bond acceptors (Lipinski definition) is 3. The number of carbonyl (C=O) groups is 2. The summed E-state index contributed by atoms with van der Waals surface area (Å²) in [4.78, 5) is 23.9. The number of Topliss-reactive ketones (excluding diaryl/α,β-unsaturated/α-hetero) is 2. The summed E-state index contributed by atoms with van der Waals surface area (Å²) in [7, 11) is 0. The van der Waals surface area contributed by atoms with Crippen molar-refractivity contribution in [1.82, 2.24) is 4.57 Å². The summed E-state index contributed by atoms with van der Waals surface area (Å²) < 4.78 is 1.89. The van der Waals surface area contributed by atoms with Gasteiger partial charge in [-0.1, -0.05) is 6.07 Å². The van der Waals surface area contributed by atoms with Crippen molar-refractivity contribution < 1.29 is 9.59 Å². The lowest BCUT2D eigenvalue weighted by atomic mass is 10.0. The maximum absolute atomic E-state index is 11.9. The first-order valence-electron chi connectivity index (χ1n) is 6.86. The topological polar surface area (TPSA) is 65.1 Å². The molecule has 4 heteroatoms. The van der Waals surface area contributed by atoms with Crippen molar-refractivity contribution in [2.24, 2.45) is 0 Å². The fourth-order valence-electron chi connectivity index (χ4n) is 2.94. The first-order valence-corrected chi connectivity index (χ1v) is 6.86. The third kappa shape index (κ3) is 2.37. The van der Waals surface area contributed by atoms with Crippen LogP contribution in [0.5, 0.6) is 0 Å². The summed E-state index contributed by atoms with van der Waals surface area (Å²) in [6.45, 7) is 8.62. The van der Waals surface area contributed by atoms with E-state index in [0.717, 1.165) is 22.6 Å². The Bertz CT molecular complexity index is 717. The van der Waals surface area contributed by atoms with Crippen molar-refractivity contribution in [2.75, 3.05) is 5.73 Å². The SMILES string of the molecule is CC(=O)c1c(C(C)=O)c(C)n(-c2ccc(C)cc2N)c1C. The third-order valence-corrected chi connectivity index (χ3v) is 3.77. The van der Waals surface area contributed by atoms with E-state index < -0.39 is 0 Å². The highest BCUT2D eigenvalue weighted by Gasteiger charge is 2.24. The lowest BCUT2D eigenvalue weighted by Gasteiger charge is -2.13. The van der Waals surface area contributed by atoms with Crippen LogP contribution < -0.4 is 5.73 Å². The van der Waals surface area contributed by atoms with Gasteiger partial charge in [-0.3, -0.25) is 9.59 Å². The molecule has 0 aliphatic heterocycles. The molecule has 0 radical (unpaired) electrons. The van der Waals surface area contributed by atoms with Gasteiger partial charge in [0, 0.05) is 22.5 Å². The van der Waals surface area contributed by atoms with Gasteiger partial charge < -0.3 is 10.3 Å². The van der Waals surface area contributed by atoms with E-state index in [2.05, 4.69) is 0 Å². The molecule has 1 heterocycles. The van der Waals surface area contributed by atoms with Crippen molar-refractivity contribution in [3.8, 4) is 5.69 Å². The Hall–Kier alpha value is -2.36. The highest BCUT2D eigenvalue weighted by molar-refractivity contribution is 6.09. The van der Waals surface area contributed by atoms with E-state index in [9.17, 15) is 9.59 Å². The summed E-state index contributed by atoms with van der Waals surface area (Å²) in [5.74, 6) is -0.213. The molecule has 2 aromatic rings. The number of nitrogens with zero attached hydrogens (tertiary/aromatic N) is 1. The molecule has 0 spiro atoms. The minimum Gasteiger partial charge on any atom is -0.397 e. The Kier molecular flexibility index (Phi) is 3.73. The highest BCUT2D eigenvalue weighted by atomic mass is 16.1. The summed E-state index contributed by atoms with van der Waals surface area (Å²) in [5.41, 5.74) is 11.1. The average molecular weight is 284 g/mol. The van der Waals surface area contributed by atoms with E-state index >= 15 is 0 Å². The molecule has 1 aromatic carbocycles. The van der Waals surface area contributed by atoms with E-state index in [1.165, 1.54) is 13.8 Å². The Morgan fingerprint density at radius 1 is 0.952 bits per heavy atom. The molecule has 0 atom stereocenters. The molecule has 0 saturated heterocycles. The van der Waals surface area contributed by atoms with E-state index in [-0.39, 0.29) is 11.6 Å². The Morgan fingerprint density at radius 3 is 1.81 bits per heavy atom. The summed E-state index contributed by atoms with van der Waals surface area (Å²) in [6.07, 6.45) is 0. The number of aromatic nitrogens is 1. The van der Waals surface area contributed by atoms with Gasteiger partial charge in [0.1, 0.15) is 0 Å². The van der Waals surface area contributed by atoms with E-state index in [4.69, 9.17) is 5.73 Å². The maximum atomic E-state index is 11.9. The molecule has 0 amide bonds. The zero-order valence-corrected chi connectivity index (χ0v) is 13.1. The third-order valence-electron chi connectivity index (χ3n) is 3.77. The second-order valence-electron chi connectivity index (χ2n) is 5.43. The van der Waals surface area contributed by atoms with Crippen LogP contribution in [0.15, 0.2) is 18.2 Å². The lowest BCUT2D eigenvalue weighted by molar-refractivity contribution is 0.0981. The van der Waals surface area contributed by atoms with Gasteiger partial charge in [-0.05, 0) is 52.3 Å². The maximum Gasteiger partial charge on any atom is 0.162 e. The zero-order chi connectivity index (χ0) is 15.9. The zero-order valence-electron chi connectivity index (χ0n) is 13.1. The Morgan fingerprint density at radius 2 is 1.43 bits per heavy atom. The van der Waals surface area contributed by atoms with Crippen molar-refractivity contribution >= 4 is 17.3 Å². The van der Waals surface area contributed by atoms with Gasteiger partial charge in [0.2, 0.25) is 0 Å². The smallest absolute Gasteiger partial charge is 0.162 e. The monoisotopic (exact) mass is 284 g/mol. The van der Waals surface area contributed by atoms with Crippen LogP contribution in [0.25, 0.3) is 5.69 Å². The molecule has 0 aliphatic carbocycles. The fourth-order valence-corrected chi connectivity index (χ4v) is 2.94. The van der Waals surface area contributed by atoms with Gasteiger partial charge in [0.25, 0.3) is 0 Å². The Labute approximate surface area is 124 Å². The van der Waals surface area contributed by atoms with Gasteiger partial charge in [0.05, 0.1) is 11.4 Å². The molecule has 1 aromatic heterocycles. The van der Waals surface area contributed by atoms with Gasteiger partial charge >= 0.3 is 0 Å². The summed E-state index contributed by atoms with van der Waals surface area (Å²) >= 11 is 0. The molecule has 110 valence electrons. The first-order chi connectivity index (χ1) is 9.75. The fraction of sp³-hybridized carbons (Fsp3) is 0.294. The number of benzene rings is 1. The van der Waals surface area contributed by atoms with Crippen molar-refractivity contribution in [2.45, 2.75) is 34.6 Å². The number of carbonyl (C=O) groups excluding carboxylic acids is 2. The molecule has 0 saturated carbocycles. The van der Waals surface area contributed by atoms with Crippen molar-refractivity contribution in [1.29, 1.82) is 0 Å². The lowest BCUT2D eigenvalue weighted by Crippen LogP contribution is -2.04. The first kappa shape index (κ1) is 15.0. The minimum atomic E-state index is -0.106. The normalized spacial score (nSPS) is 10.7. The number of ketones is 2.